The molecule has 4 nitrogen and oxygen atoms in total. The predicted octanol–water partition coefficient (Wildman–Crippen LogP) is 4.20. The Balaban J connectivity index is 1.84. The zero-order chi connectivity index (χ0) is 18.1. The number of rotatable bonds is 4. The van der Waals surface area contributed by atoms with E-state index in [9.17, 15) is 5.11 Å². The van der Waals surface area contributed by atoms with Gasteiger partial charge in [0.2, 0.25) is 0 Å². The van der Waals surface area contributed by atoms with Crippen molar-refractivity contribution in [3.8, 4) is 16.9 Å². The molecule has 3 heterocycles. The Morgan fingerprint density at radius 1 is 1.27 bits per heavy atom. The van der Waals surface area contributed by atoms with Crippen molar-refractivity contribution in [2.24, 2.45) is 0 Å². The van der Waals surface area contributed by atoms with Crippen LogP contribution in [0.5, 0.6) is 5.75 Å². The van der Waals surface area contributed by atoms with Gasteiger partial charge in [-0.15, -0.1) is 11.3 Å². The number of aliphatic hydroxyl groups excluding tert-OH is 1. The maximum atomic E-state index is 9.51. The average molecular weight is 369 g/mol. The van der Waals surface area contributed by atoms with Gasteiger partial charge in [0.15, 0.2) is 0 Å². The van der Waals surface area contributed by atoms with E-state index in [0.29, 0.717) is 0 Å². The molecule has 0 aliphatic carbocycles. The molecule has 1 saturated heterocycles. The van der Waals surface area contributed by atoms with Crippen LogP contribution >= 0.6 is 11.3 Å². The van der Waals surface area contributed by atoms with Crippen molar-refractivity contribution in [1.29, 1.82) is 0 Å². The van der Waals surface area contributed by atoms with Gasteiger partial charge < -0.3 is 15.2 Å². The van der Waals surface area contributed by atoms with Crippen molar-refractivity contribution in [3.63, 3.8) is 0 Å². The highest BCUT2D eigenvalue weighted by Gasteiger charge is 2.20. The lowest BCUT2D eigenvalue weighted by Crippen LogP contribution is -2.37. The normalized spacial score (nSPS) is 17.6. The Bertz CT molecular complexity index is 929. The zero-order valence-electron chi connectivity index (χ0n) is 15.2. The number of pyridine rings is 1. The lowest BCUT2D eigenvalue weighted by Gasteiger charge is -2.26. The Morgan fingerprint density at radius 2 is 2.15 bits per heavy atom. The number of benzene rings is 1. The number of piperidine rings is 1. The number of nitrogens with zero attached hydrogens (tertiary/aromatic N) is 1. The maximum Gasteiger partial charge on any atom is 0.130 e. The van der Waals surface area contributed by atoms with Gasteiger partial charge in [-0.3, -0.25) is 4.98 Å². The second kappa shape index (κ2) is 7.35. The summed E-state index contributed by atoms with van der Waals surface area (Å²) in [4.78, 5) is 5.41. The molecule has 3 aromatic rings. The van der Waals surface area contributed by atoms with Crippen LogP contribution in [0, 0.1) is 13.8 Å². The minimum absolute atomic E-state index is 0.0460. The quantitative estimate of drug-likeness (QED) is 0.725. The van der Waals surface area contributed by atoms with Crippen LogP contribution in [0.25, 0.3) is 21.3 Å². The van der Waals surface area contributed by atoms with Crippen molar-refractivity contribution in [1.82, 2.24) is 10.3 Å². The van der Waals surface area contributed by atoms with E-state index in [1.165, 1.54) is 5.56 Å². The van der Waals surface area contributed by atoms with E-state index in [1.807, 2.05) is 12.3 Å². The molecule has 1 aliphatic heterocycles. The summed E-state index contributed by atoms with van der Waals surface area (Å²) in [5.74, 6) is 0.968. The molecule has 0 spiro atoms. The molecular weight excluding hydrogens is 344 g/mol. The minimum atomic E-state index is 0.0460. The number of hydrogen-bond acceptors (Lipinski definition) is 5. The minimum Gasteiger partial charge on any atom is -0.488 e. The summed E-state index contributed by atoms with van der Waals surface area (Å²) in [5.41, 5.74) is 5.56. The Hall–Kier alpha value is -1.95. The average Bonchev–Trinajstić information content (AvgIpc) is 3.08. The molecule has 0 amide bonds. The fourth-order valence-corrected chi connectivity index (χ4v) is 4.68. The molecule has 0 radical (unpaired) electrons. The summed E-state index contributed by atoms with van der Waals surface area (Å²) in [6, 6.07) is 8.41. The van der Waals surface area contributed by atoms with Crippen molar-refractivity contribution >= 4 is 21.6 Å². The summed E-state index contributed by atoms with van der Waals surface area (Å²) in [5, 5.41) is 12.9. The molecule has 2 aromatic heterocycles. The summed E-state index contributed by atoms with van der Waals surface area (Å²) in [6.45, 7) is 6.25. The van der Waals surface area contributed by atoms with Crippen molar-refractivity contribution in [2.45, 2.75) is 39.4 Å². The molecule has 1 aliphatic rings. The molecule has 1 atom stereocenters. The predicted molar refractivity (Wildman–Crippen MR) is 107 cm³/mol. The first-order chi connectivity index (χ1) is 12.7. The SMILES string of the molecule is Cc1cc(C)c(OC2CCCNC2)c(-c2ccnc3cc(CO)sc23)c1. The number of aromatic nitrogens is 1. The molecule has 5 heteroatoms. The summed E-state index contributed by atoms with van der Waals surface area (Å²) in [7, 11) is 0. The molecule has 0 saturated carbocycles. The Labute approximate surface area is 157 Å². The molecule has 2 N–H and O–H groups in total. The van der Waals surface area contributed by atoms with Gasteiger partial charge in [-0.1, -0.05) is 6.07 Å². The van der Waals surface area contributed by atoms with E-state index in [2.05, 4.69) is 42.3 Å². The number of hydrogen-bond donors (Lipinski definition) is 2. The van der Waals surface area contributed by atoms with Crippen molar-refractivity contribution in [3.05, 3.63) is 46.5 Å². The first kappa shape index (κ1) is 17.5. The smallest absolute Gasteiger partial charge is 0.130 e. The summed E-state index contributed by atoms with van der Waals surface area (Å²) >= 11 is 1.60. The van der Waals surface area contributed by atoms with Crippen molar-refractivity contribution in [2.75, 3.05) is 13.1 Å². The van der Waals surface area contributed by atoms with Crippen LogP contribution < -0.4 is 10.1 Å². The van der Waals surface area contributed by atoms with Gasteiger partial charge >= 0.3 is 0 Å². The number of fused-ring (bicyclic) bond motifs is 1. The summed E-state index contributed by atoms with van der Waals surface area (Å²) in [6.07, 6.45) is 4.28. The maximum absolute atomic E-state index is 9.51. The van der Waals surface area contributed by atoms with Gasteiger partial charge in [-0.2, -0.15) is 0 Å². The first-order valence-electron chi connectivity index (χ1n) is 9.13. The van der Waals surface area contributed by atoms with Gasteiger partial charge in [0.1, 0.15) is 11.9 Å². The number of thiophene rings is 1. The molecule has 26 heavy (non-hydrogen) atoms. The largest absolute Gasteiger partial charge is 0.488 e. The Kier molecular flexibility index (Phi) is 4.94. The highest BCUT2D eigenvalue weighted by molar-refractivity contribution is 7.19. The fraction of sp³-hybridized carbons (Fsp3) is 0.381. The third kappa shape index (κ3) is 3.34. The topological polar surface area (TPSA) is 54.4 Å². The van der Waals surface area contributed by atoms with E-state index >= 15 is 0 Å². The lowest BCUT2D eigenvalue weighted by atomic mass is 9.99. The van der Waals surface area contributed by atoms with E-state index in [0.717, 1.165) is 63.5 Å². The Morgan fingerprint density at radius 3 is 2.92 bits per heavy atom. The van der Waals surface area contributed by atoms with Crippen LogP contribution in [0.1, 0.15) is 28.8 Å². The monoisotopic (exact) mass is 368 g/mol. The lowest BCUT2D eigenvalue weighted by molar-refractivity contribution is 0.167. The van der Waals surface area contributed by atoms with Gasteiger partial charge in [-0.05, 0) is 62.6 Å². The fourth-order valence-electron chi connectivity index (χ4n) is 3.68. The van der Waals surface area contributed by atoms with Crippen LogP contribution in [0.4, 0.5) is 0 Å². The highest BCUT2D eigenvalue weighted by Crippen LogP contribution is 2.41. The van der Waals surface area contributed by atoms with Crippen LogP contribution in [-0.2, 0) is 6.61 Å². The molecule has 4 rings (SSSR count). The van der Waals surface area contributed by atoms with Gasteiger partial charge in [-0.25, -0.2) is 0 Å². The number of aryl methyl sites for hydroxylation is 2. The van der Waals surface area contributed by atoms with Crippen molar-refractivity contribution < 1.29 is 9.84 Å². The first-order valence-corrected chi connectivity index (χ1v) is 9.94. The number of aliphatic hydroxyl groups is 1. The van der Waals surface area contributed by atoms with Gasteiger partial charge in [0, 0.05) is 28.7 Å². The van der Waals surface area contributed by atoms with E-state index < -0.39 is 0 Å². The van der Waals surface area contributed by atoms with E-state index in [-0.39, 0.29) is 12.7 Å². The number of ether oxygens (including phenoxy) is 1. The third-order valence-corrected chi connectivity index (χ3v) is 6.01. The van der Waals surface area contributed by atoms with E-state index in [4.69, 9.17) is 4.74 Å². The molecule has 136 valence electrons. The number of nitrogens with one attached hydrogen (secondary N) is 1. The molecular formula is C21H24N2O2S. The zero-order valence-corrected chi connectivity index (χ0v) is 16.0. The van der Waals surface area contributed by atoms with Crippen LogP contribution in [0.2, 0.25) is 0 Å². The van der Waals surface area contributed by atoms with Gasteiger partial charge in [0.25, 0.3) is 0 Å². The standard InChI is InChI=1S/C21H24N2O2S/c1-13-8-14(2)20(25-15-4-3-6-22-11-15)18(9-13)17-5-7-23-19-10-16(12-24)26-21(17)19/h5,7-10,15,22,24H,3-4,6,11-12H2,1-2H3. The van der Waals surface area contributed by atoms with Crippen LogP contribution in [-0.4, -0.2) is 29.3 Å². The highest BCUT2D eigenvalue weighted by atomic mass is 32.1. The van der Waals surface area contributed by atoms with Gasteiger partial charge in [0.05, 0.1) is 16.8 Å². The van der Waals surface area contributed by atoms with Crippen LogP contribution in [0.15, 0.2) is 30.5 Å². The van der Waals surface area contributed by atoms with Crippen LogP contribution in [0.3, 0.4) is 0 Å². The molecule has 1 aromatic carbocycles. The second-order valence-corrected chi connectivity index (χ2v) is 8.13. The van der Waals surface area contributed by atoms with E-state index in [1.54, 1.807) is 11.3 Å². The molecule has 1 fully saturated rings. The second-order valence-electron chi connectivity index (χ2n) is 6.99. The summed E-state index contributed by atoms with van der Waals surface area (Å²) < 4.78 is 7.59. The molecule has 1 unspecified atom stereocenters. The third-order valence-electron chi connectivity index (χ3n) is 4.86. The molecule has 0 bridgehead atoms.